The van der Waals surface area contributed by atoms with Gasteiger partial charge in [0.05, 0.1) is 11.7 Å². The second-order valence-corrected chi connectivity index (χ2v) is 7.39. The SMILES string of the molecule is O=C(CCl)NC(c1ccccc1)c1ccc(NC(=O)C2C=C(c3cccnc3)NO2)cc1. The van der Waals surface area contributed by atoms with Crippen LogP contribution < -0.4 is 16.1 Å². The van der Waals surface area contributed by atoms with Gasteiger partial charge in [0.25, 0.3) is 5.91 Å². The largest absolute Gasteiger partial charge is 0.344 e. The van der Waals surface area contributed by atoms with Gasteiger partial charge in [-0.2, -0.15) is 0 Å². The smallest absolute Gasteiger partial charge is 0.260 e. The summed E-state index contributed by atoms with van der Waals surface area (Å²) in [4.78, 5) is 34.0. The van der Waals surface area contributed by atoms with Crippen molar-refractivity contribution in [1.82, 2.24) is 15.8 Å². The second-order valence-electron chi connectivity index (χ2n) is 7.12. The molecule has 2 amide bonds. The number of nitrogens with one attached hydrogen (secondary N) is 3. The Kier molecular flexibility index (Phi) is 6.79. The van der Waals surface area contributed by atoms with Crippen LogP contribution in [0.2, 0.25) is 0 Å². The van der Waals surface area contributed by atoms with Gasteiger partial charge in [-0.25, -0.2) is 0 Å². The molecule has 8 heteroatoms. The lowest BCUT2D eigenvalue weighted by Crippen LogP contribution is -2.30. The van der Waals surface area contributed by atoms with E-state index in [4.69, 9.17) is 16.4 Å². The molecule has 1 aliphatic rings. The number of halogens is 1. The molecular weight excluding hydrogens is 428 g/mol. The molecule has 0 saturated carbocycles. The summed E-state index contributed by atoms with van der Waals surface area (Å²) >= 11 is 5.68. The molecule has 0 spiro atoms. The van der Waals surface area contributed by atoms with Gasteiger partial charge in [-0.05, 0) is 41.5 Å². The minimum atomic E-state index is -0.773. The van der Waals surface area contributed by atoms with Gasteiger partial charge in [0.2, 0.25) is 5.91 Å². The second kappa shape index (κ2) is 10.1. The van der Waals surface area contributed by atoms with Crippen LogP contribution in [0.4, 0.5) is 5.69 Å². The average molecular weight is 449 g/mol. The van der Waals surface area contributed by atoms with E-state index in [1.165, 1.54) is 0 Å². The average Bonchev–Trinajstić information content (AvgIpc) is 3.35. The topological polar surface area (TPSA) is 92.4 Å². The highest BCUT2D eigenvalue weighted by atomic mass is 35.5. The van der Waals surface area contributed by atoms with Crippen molar-refractivity contribution >= 4 is 34.8 Å². The number of rotatable bonds is 7. The number of alkyl halides is 1. The molecule has 2 atom stereocenters. The molecule has 0 saturated heterocycles. The molecule has 1 aromatic heterocycles. The number of hydrogen-bond donors (Lipinski definition) is 3. The molecule has 162 valence electrons. The highest BCUT2D eigenvalue weighted by Crippen LogP contribution is 2.24. The minimum absolute atomic E-state index is 0.124. The zero-order valence-corrected chi connectivity index (χ0v) is 17.8. The zero-order chi connectivity index (χ0) is 22.3. The van der Waals surface area contributed by atoms with Crippen molar-refractivity contribution in [3.63, 3.8) is 0 Å². The third-order valence-electron chi connectivity index (χ3n) is 4.92. The van der Waals surface area contributed by atoms with Gasteiger partial charge in [0.1, 0.15) is 5.88 Å². The number of hydrogen-bond acceptors (Lipinski definition) is 5. The van der Waals surface area contributed by atoms with Crippen LogP contribution in [0.5, 0.6) is 0 Å². The van der Waals surface area contributed by atoms with Crippen molar-refractivity contribution in [3.8, 4) is 0 Å². The van der Waals surface area contributed by atoms with E-state index in [-0.39, 0.29) is 23.7 Å². The molecule has 2 aromatic carbocycles. The van der Waals surface area contributed by atoms with Crippen LogP contribution >= 0.6 is 11.6 Å². The van der Waals surface area contributed by atoms with E-state index in [1.807, 2.05) is 54.6 Å². The van der Waals surface area contributed by atoms with E-state index in [0.717, 1.165) is 16.7 Å². The van der Waals surface area contributed by atoms with Crippen LogP contribution in [0.1, 0.15) is 22.7 Å². The molecule has 0 fully saturated rings. The predicted octanol–water partition coefficient (Wildman–Crippen LogP) is 3.41. The van der Waals surface area contributed by atoms with Gasteiger partial charge >= 0.3 is 0 Å². The Morgan fingerprint density at radius 3 is 2.47 bits per heavy atom. The Morgan fingerprint density at radius 1 is 1.03 bits per heavy atom. The highest BCUT2D eigenvalue weighted by molar-refractivity contribution is 6.27. The summed E-state index contributed by atoms with van der Waals surface area (Å²) in [5.74, 6) is -0.694. The highest BCUT2D eigenvalue weighted by Gasteiger charge is 2.25. The molecule has 0 radical (unpaired) electrons. The first-order valence-electron chi connectivity index (χ1n) is 9.99. The molecule has 1 aliphatic heterocycles. The summed E-state index contributed by atoms with van der Waals surface area (Å²) in [6.07, 6.45) is 4.29. The number of pyridine rings is 1. The summed E-state index contributed by atoms with van der Waals surface area (Å²) in [6, 6.07) is 20.2. The van der Waals surface area contributed by atoms with E-state index in [9.17, 15) is 9.59 Å². The predicted molar refractivity (Wildman–Crippen MR) is 122 cm³/mol. The fraction of sp³-hybridized carbons (Fsp3) is 0.125. The van der Waals surface area contributed by atoms with Gasteiger partial charge < -0.3 is 10.6 Å². The summed E-state index contributed by atoms with van der Waals surface area (Å²) in [5.41, 5.74) is 6.70. The van der Waals surface area contributed by atoms with Crippen LogP contribution in [-0.2, 0) is 14.4 Å². The van der Waals surface area contributed by atoms with Gasteiger partial charge in [-0.3, -0.25) is 24.9 Å². The molecule has 4 rings (SSSR count). The van der Waals surface area contributed by atoms with Crippen molar-refractivity contribution in [2.45, 2.75) is 12.1 Å². The van der Waals surface area contributed by atoms with Crippen LogP contribution in [0.15, 0.2) is 85.2 Å². The number of anilines is 1. The lowest BCUT2D eigenvalue weighted by molar-refractivity contribution is -0.125. The molecule has 3 aromatic rings. The fourth-order valence-corrected chi connectivity index (χ4v) is 3.41. The third-order valence-corrected chi connectivity index (χ3v) is 5.16. The standard InChI is InChI=1S/C24H21ClN4O3/c25-14-22(30)28-23(16-5-2-1-3-6-16)17-8-10-19(11-9-17)27-24(31)21-13-20(29-32-21)18-7-4-12-26-15-18/h1-13,15,21,23,29H,14H2,(H,27,31)(H,28,30). The Balaban J connectivity index is 1.45. The Labute approximate surface area is 190 Å². The molecule has 0 aliphatic carbocycles. The third kappa shape index (κ3) is 5.14. The van der Waals surface area contributed by atoms with E-state index < -0.39 is 6.10 Å². The maximum absolute atomic E-state index is 12.6. The zero-order valence-electron chi connectivity index (χ0n) is 17.0. The molecule has 0 bridgehead atoms. The van der Waals surface area contributed by atoms with Gasteiger partial charge in [-0.15, -0.1) is 11.6 Å². The number of hydroxylamine groups is 1. The first-order chi connectivity index (χ1) is 15.6. The normalized spacial score (nSPS) is 15.9. The van der Waals surface area contributed by atoms with Crippen LogP contribution in [0, 0.1) is 0 Å². The quantitative estimate of drug-likeness (QED) is 0.482. The lowest BCUT2D eigenvalue weighted by atomic mass is 9.98. The van der Waals surface area contributed by atoms with Crippen LogP contribution in [0.25, 0.3) is 5.70 Å². The minimum Gasteiger partial charge on any atom is -0.344 e. The van der Waals surface area contributed by atoms with E-state index in [2.05, 4.69) is 21.1 Å². The summed E-state index contributed by atoms with van der Waals surface area (Å²) in [5, 5.41) is 5.77. The van der Waals surface area contributed by atoms with E-state index in [0.29, 0.717) is 11.4 Å². The lowest BCUT2D eigenvalue weighted by Gasteiger charge is -2.20. The van der Waals surface area contributed by atoms with Crippen LogP contribution in [-0.4, -0.2) is 28.8 Å². The number of amides is 2. The van der Waals surface area contributed by atoms with Crippen molar-refractivity contribution < 1.29 is 14.4 Å². The van der Waals surface area contributed by atoms with E-state index in [1.54, 1.807) is 30.6 Å². The number of benzene rings is 2. The Hall–Kier alpha value is -3.68. The number of carbonyl (C=O) groups is 2. The Morgan fingerprint density at radius 2 is 1.78 bits per heavy atom. The van der Waals surface area contributed by atoms with Crippen molar-refractivity contribution in [2.75, 3.05) is 11.2 Å². The van der Waals surface area contributed by atoms with Gasteiger partial charge in [-0.1, -0.05) is 42.5 Å². The Bertz CT molecular complexity index is 1110. The van der Waals surface area contributed by atoms with Crippen molar-refractivity contribution in [2.24, 2.45) is 0 Å². The van der Waals surface area contributed by atoms with Crippen molar-refractivity contribution in [1.29, 1.82) is 0 Å². The monoisotopic (exact) mass is 448 g/mol. The van der Waals surface area contributed by atoms with Crippen molar-refractivity contribution in [3.05, 3.63) is 102 Å². The summed E-state index contributed by atoms with van der Waals surface area (Å²) < 4.78 is 0. The van der Waals surface area contributed by atoms with Crippen LogP contribution in [0.3, 0.4) is 0 Å². The molecule has 3 N–H and O–H groups in total. The van der Waals surface area contributed by atoms with E-state index >= 15 is 0 Å². The van der Waals surface area contributed by atoms with Gasteiger partial charge in [0.15, 0.2) is 6.10 Å². The molecule has 7 nitrogen and oxygen atoms in total. The number of carbonyl (C=O) groups excluding carboxylic acids is 2. The molecule has 2 unspecified atom stereocenters. The first kappa shape index (κ1) is 21.5. The fourth-order valence-electron chi connectivity index (χ4n) is 3.33. The number of aromatic nitrogens is 1. The summed E-state index contributed by atoms with van der Waals surface area (Å²) in [6.45, 7) is 0. The molecule has 2 heterocycles. The molecule has 32 heavy (non-hydrogen) atoms. The number of nitrogens with zero attached hydrogens (tertiary/aromatic N) is 1. The maximum atomic E-state index is 12.6. The molecular formula is C24H21ClN4O3. The van der Waals surface area contributed by atoms with Gasteiger partial charge in [0, 0.05) is 23.6 Å². The first-order valence-corrected chi connectivity index (χ1v) is 10.5. The summed E-state index contributed by atoms with van der Waals surface area (Å²) in [7, 11) is 0. The maximum Gasteiger partial charge on any atom is 0.260 e.